The predicted octanol–water partition coefficient (Wildman–Crippen LogP) is 2.31. The van der Waals surface area contributed by atoms with Gasteiger partial charge in [-0.25, -0.2) is 0 Å². The normalized spacial score (nSPS) is 21.3. The highest BCUT2D eigenvalue weighted by atomic mass is 16.5. The quantitative estimate of drug-likeness (QED) is 0.684. The van der Waals surface area contributed by atoms with Gasteiger partial charge in [0.2, 0.25) is 0 Å². The second-order valence-electron chi connectivity index (χ2n) is 8.97. The number of fused-ring (bicyclic) bond motifs is 3. The van der Waals surface area contributed by atoms with E-state index in [9.17, 15) is 9.59 Å². The van der Waals surface area contributed by atoms with Crippen molar-refractivity contribution >= 4 is 27.7 Å². The Bertz CT molecular complexity index is 1210. The van der Waals surface area contributed by atoms with Gasteiger partial charge in [0.05, 0.1) is 28.7 Å². The van der Waals surface area contributed by atoms with Crippen LogP contribution in [-0.2, 0) is 4.74 Å². The van der Waals surface area contributed by atoms with Crippen molar-refractivity contribution in [2.45, 2.75) is 38.8 Å². The Hall–Kier alpha value is -2.71. The summed E-state index contributed by atoms with van der Waals surface area (Å²) in [4.78, 5) is 33.4. The van der Waals surface area contributed by atoms with Gasteiger partial charge in [-0.1, -0.05) is 0 Å². The van der Waals surface area contributed by atoms with Crippen molar-refractivity contribution in [3.63, 3.8) is 0 Å². The van der Waals surface area contributed by atoms with Crippen molar-refractivity contribution in [2.75, 3.05) is 39.9 Å². The van der Waals surface area contributed by atoms with Crippen LogP contribution in [0.3, 0.4) is 0 Å². The number of aryl methyl sites for hydroxylation is 1. The average Bonchev–Trinajstić information content (AvgIpc) is 3.20. The summed E-state index contributed by atoms with van der Waals surface area (Å²) in [6.45, 7) is 7.87. The van der Waals surface area contributed by atoms with E-state index in [2.05, 4.69) is 29.0 Å². The molecule has 0 bridgehead atoms. The van der Waals surface area contributed by atoms with E-state index < -0.39 is 0 Å². The van der Waals surface area contributed by atoms with Crippen molar-refractivity contribution in [3.8, 4) is 0 Å². The van der Waals surface area contributed by atoms with Gasteiger partial charge in [-0.05, 0) is 51.4 Å². The van der Waals surface area contributed by atoms with E-state index in [0.29, 0.717) is 24.2 Å². The van der Waals surface area contributed by atoms with Crippen LogP contribution in [0, 0.1) is 6.92 Å². The lowest BCUT2D eigenvalue weighted by Gasteiger charge is -2.38. The number of carbonyl (C=O) groups excluding carboxylic acids is 1. The second kappa shape index (κ2) is 7.76. The summed E-state index contributed by atoms with van der Waals surface area (Å²) in [5.41, 5.74) is 2.97. The zero-order chi connectivity index (χ0) is 21.7. The zero-order valence-corrected chi connectivity index (χ0v) is 18.4. The Labute approximate surface area is 180 Å². The fourth-order valence-corrected chi connectivity index (χ4v) is 5.03. The van der Waals surface area contributed by atoms with Crippen molar-refractivity contribution in [2.24, 2.45) is 0 Å². The lowest BCUT2D eigenvalue weighted by Crippen LogP contribution is -2.52. The fraction of sp³-hybridized carbons (Fsp3) is 0.522. The molecule has 8 nitrogen and oxygen atoms in total. The van der Waals surface area contributed by atoms with E-state index in [4.69, 9.17) is 4.74 Å². The van der Waals surface area contributed by atoms with Gasteiger partial charge in [0, 0.05) is 49.8 Å². The second-order valence-corrected chi connectivity index (χ2v) is 8.97. The predicted molar refractivity (Wildman–Crippen MR) is 120 cm³/mol. The summed E-state index contributed by atoms with van der Waals surface area (Å²) in [6.07, 6.45) is 3.37. The molecule has 1 N–H and O–H groups in total. The number of rotatable bonds is 2. The summed E-state index contributed by atoms with van der Waals surface area (Å²) in [6, 6.07) is 4.22. The molecular weight excluding hydrogens is 394 g/mol. The number of benzene rings is 1. The summed E-state index contributed by atoms with van der Waals surface area (Å²) in [7, 11) is 2.09. The largest absolute Gasteiger partial charge is 0.381 e. The molecule has 1 amide bonds. The number of aromatic nitrogens is 3. The minimum Gasteiger partial charge on any atom is -0.381 e. The molecule has 0 aliphatic carbocycles. The van der Waals surface area contributed by atoms with E-state index in [0.717, 1.165) is 54.5 Å². The number of nitrogens with zero attached hydrogens (tertiary/aromatic N) is 4. The maximum Gasteiger partial charge on any atom is 0.259 e. The molecule has 1 aromatic carbocycles. The Kier molecular flexibility index (Phi) is 5.06. The Morgan fingerprint density at radius 1 is 1.19 bits per heavy atom. The number of nitrogens with one attached hydrogen (secondary N) is 1. The van der Waals surface area contributed by atoms with Gasteiger partial charge in [0.1, 0.15) is 0 Å². The molecule has 0 saturated carbocycles. The van der Waals surface area contributed by atoms with Gasteiger partial charge in [-0.15, -0.1) is 0 Å². The van der Waals surface area contributed by atoms with E-state index >= 15 is 0 Å². The number of carbonyl (C=O) groups is 1. The molecule has 1 atom stereocenters. The van der Waals surface area contributed by atoms with E-state index in [1.165, 1.54) is 0 Å². The number of aromatic amines is 1. The van der Waals surface area contributed by atoms with E-state index in [1.807, 2.05) is 28.6 Å². The molecule has 2 aromatic heterocycles. The van der Waals surface area contributed by atoms with Gasteiger partial charge < -0.3 is 19.5 Å². The first-order valence-electron chi connectivity index (χ1n) is 11.0. The minimum atomic E-state index is -0.146. The van der Waals surface area contributed by atoms with Crippen LogP contribution in [0.15, 0.2) is 23.1 Å². The SMILES string of the molecule is Cc1cc2[nH]c(=O)c3cnn(C4CCOCC4)c3c2cc1C(=O)N1CCN(C)CC1C. The van der Waals surface area contributed by atoms with Crippen LogP contribution in [0.2, 0.25) is 0 Å². The molecule has 2 aliphatic heterocycles. The van der Waals surface area contributed by atoms with Crippen LogP contribution in [0.1, 0.15) is 41.7 Å². The number of piperazine rings is 1. The number of amides is 1. The average molecular weight is 424 g/mol. The third-order valence-corrected chi connectivity index (χ3v) is 6.77. The Morgan fingerprint density at radius 3 is 2.71 bits per heavy atom. The molecule has 2 fully saturated rings. The standard InChI is InChI=1S/C23H29N5O3/c1-14-10-20-18(11-17(14)23(30)27-7-6-26(3)13-15(27)2)21-19(22(29)25-20)12-24-28(21)16-4-8-31-9-5-16/h10-12,15-16H,4-9,13H2,1-3H3,(H,25,29). The first-order chi connectivity index (χ1) is 14.9. The van der Waals surface area contributed by atoms with Gasteiger partial charge in [-0.2, -0.15) is 5.10 Å². The summed E-state index contributed by atoms with van der Waals surface area (Å²) >= 11 is 0. The van der Waals surface area contributed by atoms with Crippen molar-refractivity contribution in [3.05, 3.63) is 39.8 Å². The Morgan fingerprint density at radius 2 is 1.97 bits per heavy atom. The van der Waals surface area contributed by atoms with Crippen molar-refractivity contribution < 1.29 is 9.53 Å². The molecular formula is C23H29N5O3. The van der Waals surface area contributed by atoms with Gasteiger partial charge in [0.15, 0.2) is 0 Å². The highest BCUT2D eigenvalue weighted by Gasteiger charge is 2.28. The minimum absolute atomic E-state index is 0.0523. The van der Waals surface area contributed by atoms with Gasteiger partial charge >= 0.3 is 0 Å². The molecule has 8 heteroatoms. The first-order valence-corrected chi connectivity index (χ1v) is 11.0. The molecule has 5 rings (SSSR count). The molecule has 31 heavy (non-hydrogen) atoms. The van der Waals surface area contributed by atoms with E-state index in [-0.39, 0.29) is 23.6 Å². The van der Waals surface area contributed by atoms with Crippen LogP contribution in [0.4, 0.5) is 0 Å². The number of likely N-dealkylation sites (N-methyl/N-ethyl adjacent to an activating group) is 1. The molecule has 0 spiro atoms. The van der Waals surface area contributed by atoms with E-state index in [1.54, 1.807) is 6.20 Å². The molecule has 0 radical (unpaired) electrons. The smallest absolute Gasteiger partial charge is 0.259 e. The molecule has 2 aliphatic rings. The van der Waals surface area contributed by atoms with Gasteiger partial charge in [0.25, 0.3) is 11.5 Å². The van der Waals surface area contributed by atoms with Crippen LogP contribution < -0.4 is 5.56 Å². The van der Waals surface area contributed by atoms with Crippen LogP contribution >= 0.6 is 0 Å². The van der Waals surface area contributed by atoms with Crippen LogP contribution in [0.5, 0.6) is 0 Å². The monoisotopic (exact) mass is 423 g/mol. The molecule has 1 unspecified atom stereocenters. The first kappa shape index (κ1) is 20.2. The maximum atomic E-state index is 13.5. The number of hydrogen-bond donors (Lipinski definition) is 1. The van der Waals surface area contributed by atoms with Gasteiger partial charge in [-0.3, -0.25) is 14.3 Å². The molecule has 2 saturated heterocycles. The van der Waals surface area contributed by atoms with Crippen molar-refractivity contribution in [1.29, 1.82) is 0 Å². The zero-order valence-electron chi connectivity index (χ0n) is 18.4. The number of hydrogen-bond acceptors (Lipinski definition) is 5. The lowest BCUT2D eigenvalue weighted by molar-refractivity contribution is 0.0533. The third kappa shape index (κ3) is 3.43. The van der Waals surface area contributed by atoms with Crippen LogP contribution in [-0.4, -0.2) is 76.4 Å². The third-order valence-electron chi connectivity index (χ3n) is 6.77. The molecule has 3 aromatic rings. The molecule has 4 heterocycles. The summed E-state index contributed by atoms with van der Waals surface area (Å²) < 4.78 is 7.48. The summed E-state index contributed by atoms with van der Waals surface area (Å²) in [5.74, 6) is 0.0523. The molecule has 164 valence electrons. The highest BCUT2D eigenvalue weighted by molar-refractivity contribution is 6.07. The Balaban J connectivity index is 1.66. The van der Waals surface area contributed by atoms with Crippen molar-refractivity contribution in [1.82, 2.24) is 24.6 Å². The number of pyridine rings is 1. The number of ether oxygens (including phenoxy) is 1. The topological polar surface area (TPSA) is 83.5 Å². The lowest BCUT2D eigenvalue weighted by atomic mass is 10.0. The number of H-pyrrole nitrogens is 1. The summed E-state index contributed by atoms with van der Waals surface area (Å²) in [5, 5.41) is 6.01. The van der Waals surface area contributed by atoms with Crippen LogP contribution in [0.25, 0.3) is 21.8 Å². The fourth-order valence-electron chi connectivity index (χ4n) is 5.03. The highest BCUT2D eigenvalue weighted by Crippen LogP contribution is 2.30. The maximum absolute atomic E-state index is 13.5.